The van der Waals surface area contributed by atoms with Crippen molar-refractivity contribution in [2.75, 3.05) is 0 Å². The molecule has 0 spiro atoms. The van der Waals surface area contributed by atoms with Crippen LogP contribution in [0.25, 0.3) is 0 Å². The molecule has 0 aliphatic carbocycles. The number of carbonyl (C=O) groups excluding carboxylic acids is 1. The number of nitrogens with zero attached hydrogens (tertiary/aromatic N) is 2. The zero-order valence-electron chi connectivity index (χ0n) is 7.40. The van der Waals surface area contributed by atoms with E-state index in [1.165, 1.54) is 0 Å². The lowest BCUT2D eigenvalue weighted by molar-refractivity contribution is 0.251. The van der Waals surface area contributed by atoms with Crippen LogP contribution in [0.5, 0.6) is 0 Å². The minimum Gasteiger partial charge on any atom is -0.612 e. The number of rotatable bonds is 0. The number of fused-ring (bicyclic) bond motifs is 1. The van der Waals surface area contributed by atoms with Gasteiger partial charge in [-0.15, -0.1) is 0 Å². The Balaban J connectivity index is 2.69. The molecule has 1 unspecified atom stereocenters. The van der Waals surface area contributed by atoms with Crippen LogP contribution in [0.2, 0.25) is 0 Å². The van der Waals surface area contributed by atoms with Crippen LogP contribution >= 0.6 is 11.6 Å². The molecule has 0 N–H and O–H groups in total. The summed E-state index contributed by atoms with van der Waals surface area (Å²) in [6, 6.07) is 5.20. The van der Waals surface area contributed by atoms with Gasteiger partial charge in [-0.25, -0.2) is 9.44 Å². The highest BCUT2D eigenvalue weighted by atomic mass is 35.5. The fourth-order valence-electron chi connectivity index (χ4n) is 1.51. The summed E-state index contributed by atoms with van der Waals surface area (Å²) < 4.78 is -1.30. The normalized spacial score (nSPS) is 23.6. The number of hydrogen-bond donors (Lipinski definition) is 0. The quantitative estimate of drug-likeness (QED) is 0.286. The molecule has 1 aromatic rings. The van der Waals surface area contributed by atoms with Crippen molar-refractivity contribution in [3.05, 3.63) is 29.0 Å². The number of hydrogen-bond acceptors (Lipinski definition) is 3. The third-order valence-electron chi connectivity index (χ3n) is 2.17. The first kappa shape index (κ1) is 9.33. The predicted molar refractivity (Wildman–Crippen MR) is 55.7 cm³/mol. The molecular weight excluding hydrogens is 204 g/mol. The standard InChI is InChI=1S/C9H7ClN2O2/c1-6-3-2-4-7-8(6)12(14,5-11-7)9(10)13/h2-5H,1H3. The van der Waals surface area contributed by atoms with Gasteiger partial charge in [0.2, 0.25) is 6.34 Å². The Morgan fingerprint density at radius 3 is 2.93 bits per heavy atom. The van der Waals surface area contributed by atoms with E-state index in [4.69, 9.17) is 11.6 Å². The second-order valence-electron chi connectivity index (χ2n) is 3.10. The topological polar surface area (TPSA) is 52.5 Å². The first-order valence-electron chi connectivity index (χ1n) is 4.01. The highest BCUT2D eigenvalue weighted by Crippen LogP contribution is 2.40. The first-order valence-corrected chi connectivity index (χ1v) is 4.38. The zero-order valence-corrected chi connectivity index (χ0v) is 8.15. The van der Waals surface area contributed by atoms with Crippen LogP contribution in [0.3, 0.4) is 0 Å². The Morgan fingerprint density at radius 2 is 2.29 bits per heavy atom. The van der Waals surface area contributed by atoms with Crippen LogP contribution in [0.4, 0.5) is 16.2 Å². The summed E-state index contributed by atoms with van der Waals surface area (Å²) in [5.41, 5.74) is 1.53. The molecule has 0 aromatic heterocycles. The molecule has 4 nitrogen and oxygen atoms in total. The smallest absolute Gasteiger partial charge is 0.422 e. The second-order valence-corrected chi connectivity index (χ2v) is 3.42. The van der Waals surface area contributed by atoms with Gasteiger partial charge in [-0.3, -0.25) is 0 Å². The SMILES string of the molecule is Cc1cccc2c1[N+]([O-])(C(=O)Cl)C=N2. The van der Waals surface area contributed by atoms with Gasteiger partial charge in [0.15, 0.2) is 5.69 Å². The maximum absolute atomic E-state index is 12.0. The van der Waals surface area contributed by atoms with E-state index in [9.17, 15) is 10.0 Å². The third-order valence-corrected chi connectivity index (χ3v) is 2.42. The molecule has 5 heteroatoms. The van der Waals surface area contributed by atoms with Crippen LogP contribution < -0.4 is 4.65 Å². The number of para-hydroxylation sites is 1. The molecular formula is C9H7ClN2O2. The summed E-state index contributed by atoms with van der Waals surface area (Å²) in [6.45, 7) is 1.75. The molecule has 0 fully saturated rings. The molecule has 14 heavy (non-hydrogen) atoms. The van der Waals surface area contributed by atoms with Crippen molar-refractivity contribution in [1.29, 1.82) is 0 Å². The van der Waals surface area contributed by atoms with Gasteiger partial charge in [-0.1, -0.05) is 12.1 Å². The highest BCUT2D eigenvalue weighted by Gasteiger charge is 2.36. The van der Waals surface area contributed by atoms with E-state index in [0.717, 1.165) is 6.34 Å². The lowest BCUT2D eigenvalue weighted by atomic mass is 10.1. The molecule has 1 amide bonds. The highest BCUT2D eigenvalue weighted by molar-refractivity contribution is 6.66. The molecule has 0 radical (unpaired) electrons. The molecule has 0 saturated carbocycles. The average Bonchev–Trinajstić information content (AvgIpc) is 2.47. The predicted octanol–water partition coefficient (Wildman–Crippen LogP) is 2.83. The van der Waals surface area contributed by atoms with Crippen molar-refractivity contribution in [3.8, 4) is 0 Å². The Bertz CT molecular complexity index is 444. The van der Waals surface area contributed by atoms with E-state index < -0.39 is 10.0 Å². The summed E-state index contributed by atoms with van der Waals surface area (Å²) >= 11 is 5.25. The van der Waals surface area contributed by atoms with Crippen LogP contribution in [-0.2, 0) is 0 Å². The molecule has 0 bridgehead atoms. The average molecular weight is 211 g/mol. The maximum atomic E-state index is 12.0. The summed E-state index contributed by atoms with van der Waals surface area (Å²) in [6.07, 6.45) is 1.01. The van der Waals surface area contributed by atoms with Crippen LogP contribution in [0.15, 0.2) is 23.2 Å². The summed E-state index contributed by atoms with van der Waals surface area (Å²) in [5.74, 6) is 0. The number of hydroxylamine groups is 2. The third kappa shape index (κ3) is 1.09. The number of amides is 1. The number of aryl methyl sites for hydroxylation is 1. The molecule has 1 aromatic carbocycles. The number of carbonyl (C=O) groups is 1. The van der Waals surface area contributed by atoms with Crippen molar-refractivity contribution in [1.82, 2.24) is 4.65 Å². The Hall–Kier alpha value is -1.23. The minimum absolute atomic E-state index is 0.313. The van der Waals surface area contributed by atoms with Crippen molar-refractivity contribution in [3.63, 3.8) is 0 Å². The van der Waals surface area contributed by atoms with Gasteiger partial charge in [0.1, 0.15) is 5.69 Å². The fraction of sp³-hybridized carbons (Fsp3) is 0.111. The number of aliphatic imine (C=N–C) groups is 1. The van der Waals surface area contributed by atoms with Gasteiger partial charge >= 0.3 is 5.37 Å². The van der Waals surface area contributed by atoms with Crippen LogP contribution in [0.1, 0.15) is 5.56 Å². The summed E-state index contributed by atoms with van der Waals surface area (Å²) in [4.78, 5) is 14.9. The van der Waals surface area contributed by atoms with E-state index >= 15 is 0 Å². The van der Waals surface area contributed by atoms with Gasteiger partial charge in [0.05, 0.1) is 0 Å². The van der Waals surface area contributed by atoms with Crippen molar-refractivity contribution < 1.29 is 4.79 Å². The van der Waals surface area contributed by atoms with Crippen molar-refractivity contribution >= 4 is 34.7 Å². The van der Waals surface area contributed by atoms with Gasteiger partial charge in [-0.05, 0) is 13.0 Å². The number of benzene rings is 1. The maximum Gasteiger partial charge on any atom is 0.422 e. The number of quaternary nitrogens is 1. The van der Waals surface area contributed by atoms with Crippen LogP contribution in [-0.4, -0.2) is 11.7 Å². The van der Waals surface area contributed by atoms with E-state index in [1.54, 1.807) is 25.1 Å². The molecule has 2 rings (SSSR count). The Morgan fingerprint density at radius 1 is 1.57 bits per heavy atom. The summed E-state index contributed by atoms with van der Waals surface area (Å²) in [7, 11) is 0. The molecule has 1 aliphatic heterocycles. The Labute approximate surface area is 85.6 Å². The van der Waals surface area contributed by atoms with Crippen molar-refractivity contribution in [2.24, 2.45) is 4.99 Å². The van der Waals surface area contributed by atoms with E-state index in [-0.39, 0.29) is 0 Å². The summed E-state index contributed by atoms with van der Waals surface area (Å²) in [5, 5.41) is 11.0. The van der Waals surface area contributed by atoms with Gasteiger partial charge in [-0.2, -0.15) is 4.99 Å². The van der Waals surface area contributed by atoms with Gasteiger partial charge in [0.25, 0.3) is 0 Å². The largest absolute Gasteiger partial charge is 0.612 e. The lowest BCUT2D eigenvalue weighted by Gasteiger charge is -2.29. The van der Waals surface area contributed by atoms with E-state index in [1.807, 2.05) is 0 Å². The molecule has 0 saturated heterocycles. The van der Waals surface area contributed by atoms with E-state index in [2.05, 4.69) is 4.99 Å². The minimum atomic E-state index is -1.30. The molecule has 1 atom stereocenters. The fourth-order valence-corrected chi connectivity index (χ4v) is 1.64. The van der Waals surface area contributed by atoms with Crippen LogP contribution in [0, 0.1) is 12.1 Å². The van der Waals surface area contributed by atoms with E-state index in [0.29, 0.717) is 16.9 Å². The second kappa shape index (κ2) is 2.88. The number of halogens is 1. The molecule has 1 heterocycles. The van der Waals surface area contributed by atoms with Gasteiger partial charge in [0, 0.05) is 17.2 Å². The zero-order chi connectivity index (χ0) is 10.3. The van der Waals surface area contributed by atoms with Crippen molar-refractivity contribution in [2.45, 2.75) is 6.92 Å². The molecule has 1 aliphatic rings. The first-order chi connectivity index (χ1) is 6.55. The molecule has 72 valence electrons. The monoisotopic (exact) mass is 210 g/mol. The lowest BCUT2D eigenvalue weighted by Crippen LogP contribution is -2.42. The Kier molecular flexibility index (Phi) is 1.92. The van der Waals surface area contributed by atoms with Gasteiger partial charge < -0.3 is 5.21 Å².